The molecular formula is C32H35FN4O5S2. The maximum atomic E-state index is 14.2. The first-order chi connectivity index (χ1) is 21.3. The lowest BCUT2D eigenvalue weighted by Crippen LogP contribution is -2.40. The highest BCUT2D eigenvalue weighted by Crippen LogP contribution is 2.45. The molecule has 1 saturated heterocycles. The van der Waals surface area contributed by atoms with Gasteiger partial charge in [0.1, 0.15) is 29.4 Å². The quantitative estimate of drug-likeness (QED) is 0.208. The predicted molar refractivity (Wildman–Crippen MR) is 166 cm³/mol. The molecule has 1 fully saturated rings. The molecule has 6 rings (SSSR count). The molecule has 12 heteroatoms. The number of fused-ring (bicyclic) bond motifs is 1. The standard InChI is InChI=1S/C32H35FN4O5S2/c1-21-12-14-36(29(16-21)22-4-7-24(33)8-5-22)28-13-15-42-31-18-26(10-11-27(28)31)44(38,39)37(32-34-20-35-43-32)19-23-6-9-25(40-2)17-30(23)41-3/h4-11,17-18,20-21,28-29H,12-16,19H2,1-3H3/t21-,28+,29+/m1/s1. The molecule has 2 aliphatic heterocycles. The van der Waals surface area contributed by atoms with Gasteiger partial charge in [0.2, 0.25) is 5.13 Å². The van der Waals surface area contributed by atoms with E-state index in [4.69, 9.17) is 14.2 Å². The van der Waals surface area contributed by atoms with Gasteiger partial charge in [-0.1, -0.05) is 25.1 Å². The fourth-order valence-corrected chi connectivity index (χ4v) is 8.34. The van der Waals surface area contributed by atoms with E-state index in [2.05, 4.69) is 21.2 Å². The van der Waals surface area contributed by atoms with E-state index in [1.807, 2.05) is 18.2 Å². The summed E-state index contributed by atoms with van der Waals surface area (Å²) in [4.78, 5) is 6.81. The van der Waals surface area contributed by atoms with Crippen LogP contribution < -0.4 is 18.5 Å². The minimum atomic E-state index is -4.08. The van der Waals surface area contributed by atoms with Gasteiger partial charge in [-0.05, 0) is 61.2 Å². The van der Waals surface area contributed by atoms with Gasteiger partial charge < -0.3 is 14.2 Å². The molecule has 9 nitrogen and oxygen atoms in total. The van der Waals surface area contributed by atoms with Gasteiger partial charge in [0.25, 0.3) is 10.0 Å². The first kappa shape index (κ1) is 30.3. The van der Waals surface area contributed by atoms with E-state index in [-0.39, 0.29) is 34.5 Å². The van der Waals surface area contributed by atoms with Crippen molar-refractivity contribution in [2.24, 2.45) is 5.92 Å². The van der Waals surface area contributed by atoms with Crippen LogP contribution in [0, 0.1) is 11.7 Å². The molecule has 0 saturated carbocycles. The summed E-state index contributed by atoms with van der Waals surface area (Å²) in [5.41, 5.74) is 2.69. The highest BCUT2D eigenvalue weighted by atomic mass is 32.2. The number of methoxy groups -OCH3 is 2. The molecule has 44 heavy (non-hydrogen) atoms. The summed E-state index contributed by atoms with van der Waals surface area (Å²) in [6.45, 7) is 3.60. The molecule has 0 N–H and O–H groups in total. The SMILES string of the molecule is COc1ccc(CN(c2ncns2)S(=O)(=O)c2ccc3c(c2)OCC[C@@H]3N2CC[C@@H](C)C[C@H]2c2ccc(F)cc2)c(OC)c1. The van der Waals surface area contributed by atoms with Crippen LogP contribution in [0.15, 0.2) is 71.9 Å². The molecule has 0 spiro atoms. The molecule has 0 amide bonds. The molecule has 3 aromatic carbocycles. The number of hydrogen-bond donors (Lipinski definition) is 0. The second kappa shape index (κ2) is 12.7. The number of piperidine rings is 1. The fourth-order valence-electron chi connectivity index (χ4n) is 6.20. The monoisotopic (exact) mass is 638 g/mol. The third-order valence-electron chi connectivity index (χ3n) is 8.51. The van der Waals surface area contributed by atoms with E-state index >= 15 is 0 Å². The molecule has 1 aromatic heterocycles. The number of benzene rings is 3. The Morgan fingerprint density at radius 1 is 1.05 bits per heavy atom. The minimum absolute atomic E-state index is 0.0173. The van der Waals surface area contributed by atoms with E-state index in [0.717, 1.165) is 48.5 Å². The summed E-state index contributed by atoms with van der Waals surface area (Å²) in [5, 5.41) is 0.240. The lowest BCUT2D eigenvalue weighted by Gasteiger charge is -2.45. The average Bonchev–Trinajstić information content (AvgIpc) is 3.58. The second-order valence-corrected chi connectivity index (χ2v) is 13.8. The van der Waals surface area contributed by atoms with Crippen LogP contribution in [0.4, 0.5) is 9.52 Å². The van der Waals surface area contributed by atoms with Crippen LogP contribution in [0.3, 0.4) is 0 Å². The van der Waals surface area contributed by atoms with Gasteiger partial charge in [0.15, 0.2) is 0 Å². The summed E-state index contributed by atoms with van der Waals surface area (Å²) < 4.78 is 64.5. The molecule has 2 aliphatic rings. The van der Waals surface area contributed by atoms with Gasteiger partial charge in [-0.25, -0.2) is 22.1 Å². The van der Waals surface area contributed by atoms with Crippen molar-refractivity contribution in [1.29, 1.82) is 0 Å². The van der Waals surface area contributed by atoms with Gasteiger partial charge in [-0.15, -0.1) is 0 Å². The first-order valence-electron chi connectivity index (χ1n) is 14.6. The van der Waals surface area contributed by atoms with Crippen molar-refractivity contribution in [1.82, 2.24) is 14.3 Å². The zero-order valence-corrected chi connectivity index (χ0v) is 26.5. The largest absolute Gasteiger partial charge is 0.497 e. The van der Waals surface area contributed by atoms with Crippen molar-refractivity contribution in [3.05, 3.63) is 89.5 Å². The Balaban J connectivity index is 1.33. The number of anilines is 1. The fraction of sp³-hybridized carbons (Fsp3) is 0.375. The highest BCUT2D eigenvalue weighted by Gasteiger charge is 2.37. The van der Waals surface area contributed by atoms with Crippen LogP contribution in [0.25, 0.3) is 0 Å². The number of rotatable bonds is 9. The molecule has 0 aliphatic carbocycles. The molecule has 3 atom stereocenters. The Bertz CT molecular complexity index is 1700. The number of sulfonamides is 1. The Kier molecular flexibility index (Phi) is 8.75. The average molecular weight is 639 g/mol. The van der Waals surface area contributed by atoms with Gasteiger partial charge in [0, 0.05) is 53.3 Å². The zero-order valence-electron chi connectivity index (χ0n) is 24.9. The topological polar surface area (TPSA) is 94.1 Å². The van der Waals surface area contributed by atoms with Crippen molar-refractivity contribution in [3.63, 3.8) is 0 Å². The molecule has 4 aromatic rings. The Hall–Kier alpha value is -3.74. The van der Waals surface area contributed by atoms with Crippen molar-refractivity contribution >= 4 is 26.7 Å². The summed E-state index contributed by atoms with van der Waals surface area (Å²) in [6.07, 6.45) is 4.14. The van der Waals surface area contributed by atoms with E-state index in [1.54, 1.807) is 37.4 Å². The Labute approximate surface area is 261 Å². The summed E-state index contributed by atoms with van der Waals surface area (Å²) in [7, 11) is -0.988. The number of aromatic nitrogens is 2. The third-order valence-corrected chi connectivity index (χ3v) is 11.0. The summed E-state index contributed by atoms with van der Waals surface area (Å²) in [5.74, 6) is 1.95. The Morgan fingerprint density at radius 3 is 2.59 bits per heavy atom. The number of halogens is 1. The molecule has 3 heterocycles. The first-order valence-corrected chi connectivity index (χ1v) is 16.8. The lowest BCUT2D eigenvalue weighted by molar-refractivity contribution is 0.0487. The van der Waals surface area contributed by atoms with Crippen molar-refractivity contribution in [2.75, 3.05) is 31.7 Å². The van der Waals surface area contributed by atoms with E-state index in [1.165, 1.54) is 29.9 Å². The number of likely N-dealkylation sites (tertiary alicyclic amines) is 1. The van der Waals surface area contributed by atoms with Gasteiger partial charge in [-0.3, -0.25) is 4.90 Å². The van der Waals surface area contributed by atoms with E-state index in [0.29, 0.717) is 35.3 Å². The van der Waals surface area contributed by atoms with Crippen LogP contribution in [0.5, 0.6) is 17.2 Å². The molecular weight excluding hydrogens is 604 g/mol. The smallest absolute Gasteiger partial charge is 0.266 e. The second-order valence-electron chi connectivity index (χ2n) is 11.2. The molecule has 0 unspecified atom stereocenters. The highest BCUT2D eigenvalue weighted by molar-refractivity contribution is 7.93. The molecule has 0 bridgehead atoms. The van der Waals surface area contributed by atoms with Crippen LogP contribution in [-0.4, -0.2) is 50.0 Å². The number of hydrogen-bond acceptors (Lipinski definition) is 9. The number of nitrogens with zero attached hydrogens (tertiary/aromatic N) is 4. The van der Waals surface area contributed by atoms with Crippen LogP contribution in [-0.2, 0) is 16.6 Å². The maximum Gasteiger partial charge on any atom is 0.266 e. The zero-order chi connectivity index (χ0) is 30.8. The third kappa shape index (κ3) is 5.98. The van der Waals surface area contributed by atoms with Gasteiger partial charge >= 0.3 is 0 Å². The summed E-state index contributed by atoms with van der Waals surface area (Å²) in [6, 6.07) is 17.4. The molecule has 0 radical (unpaired) electrons. The minimum Gasteiger partial charge on any atom is -0.497 e. The van der Waals surface area contributed by atoms with Crippen molar-refractivity contribution < 1.29 is 27.0 Å². The number of ether oxygens (including phenoxy) is 3. The molecule has 232 valence electrons. The van der Waals surface area contributed by atoms with E-state index in [9.17, 15) is 12.8 Å². The van der Waals surface area contributed by atoms with Crippen LogP contribution in [0.1, 0.15) is 55.0 Å². The van der Waals surface area contributed by atoms with Gasteiger partial charge in [-0.2, -0.15) is 4.37 Å². The van der Waals surface area contributed by atoms with Crippen LogP contribution >= 0.6 is 11.5 Å². The van der Waals surface area contributed by atoms with Crippen molar-refractivity contribution in [2.45, 2.75) is 49.7 Å². The summed E-state index contributed by atoms with van der Waals surface area (Å²) >= 11 is 0.999. The lowest BCUT2D eigenvalue weighted by atomic mass is 9.85. The van der Waals surface area contributed by atoms with Gasteiger partial charge in [0.05, 0.1) is 32.3 Å². The maximum absolute atomic E-state index is 14.2. The van der Waals surface area contributed by atoms with E-state index < -0.39 is 10.0 Å². The Morgan fingerprint density at radius 2 is 1.86 bits per heavy atom. The normalized spacial score (nSPS) is 20.4. The van der Waals surface area contributed by atoms with Crippen molar-refractivity contribution in [3.8, 4) is 17.2 Å². The van der Waals surface area contributed by atoms with Crippen LogP contribution in [0.2, 0.25) is 0 Å². The predicted octanol–water partition coefficient (Wildman–Crippen LogP) is 6.39.